The van der Waals surface area contributed by atoms with Gasteiger partial charge in [-0.2, -0.15) is 0 Å². The molecule has 1 aromatic rings. The number of ether oxygens (including phenoxy) is 1. The molecule has 18 heavy (non-hydrogen) atoms. The average molecular weight is 248 g/mol. The SMILES string of the molecule is CC(=O)CCNc1ccc2c(c1)N(C)C(=O)CO2. The van der Waals surface area contributed by atoms with Crippen molar-refractivity contribution in [3.05, 3.63) is 18.2 Å². The summed E-state index contributed by atoms with van der Waals surface area (Å²) in [7, 11) is 1.73. The van der Waals surface area contributed by atoms with Gasteiger partial charge in [-0.1, -0.05) is 0 Å². The van der Waals surface area contributed by atoms with Crippen LogP contribution in [-0.2, 0) is 9.59 Å². The Hall–Kier alpha value is -2.04. The summed E-state index contributed by atoms with van der Waals surface area (Å²) in [5.41, 5.74) is 1.62. The fourth-order valence-electron chi connectivity index (χ4n) is 1.77. The van der Waals surface area contributed by atoms with Gasteiger partial charge in [-0.3, -0.25) is 9.59 Å². The fraction of sp³-hybridized carbons (Fsp3) is 0.385. The number of nitrogens with one attached hydrogen (secondary N) is 1. The Labute approximate surface area is 106 Å². The Morgan fingerprint density at radius 3 is 3.00 bits per heavy atom. The van der Waals surface area contributed by atoms with E-state index in [1.807, 2.05) is 18.2 Å². The van der Waals surface area contributed by atoms with Crippen LogP contribution in [0.4, 0.5) is 11.4 Å². The van der Waals surface area contributed by atoms with E-state index >= 15 is 0 Å². The zero-order valence-electron chi connectivity index (χ0n) is 10.5. The Balaban J connectivity index is 2.11. The van der Waals surface area contributed by atoms with Gasteiger partial charge in [-0.25, -0.2) is 0 Å². The van der Waals surface area contributed by atoms with Crippen LogP contribution in [0, 0.1) is 0 Å². The predicted octanol–water partition coefficient (Wildman–Crippen LogP) is 1.43. The van der Waals surface area contributed by atoms with Crippen LogP contribution < -0.4 is 15.0 Å². The zero-order valence-corrected chi connectivity index (χ0v) is 10.5. The largest absolute Gasteiger partial charge is 0.482 e. The number of nitrogens with zero attached hydrogens (tertiary/aromatic N) is 1. The third kappa shape index (κ3) is 2.61. The normalized spacial score (nSPS) is 13.9. The molecular weight excluding hydrogens is 232 g/mol. The highest BCUT2D eigenvalue weighted by Crippen LogP contribution is 2.33. The monoisotopic (exact) mass is 248 g/mol. The summed E-state index contributed by atoms with van der Waals surface area (Å²) in [6.45, 7) is 2.24. The summed E-state index contributed by atoms with van der Waals surface area (Å²) in [6.07, 6.45) is 0.488. The fourth-order valence-corrected chi connectivity index (χ4v) is 1.77. The number of benzene rings is 1. The third-order valence-electron chi connectivity index (χ3n) is 2.85. The molecule has 1 amide bonds. The van der Waals surface area contributed by atoms with Crippen LogP contribution in [0.1, 0.15) is 13.3 Å². The van der Waals surface area contributed by atoms with Gasteiger partial charge in [0, 0.05) is 25.7 Å². The maximum absolute atomic E-state index is 11.5. The quantitative estimate of drug-likeness (QED) is 0.875. The Morgan fingerprint density at radius 2 is 2.28 bits per heavy atom. The molecule has 0 bridgehead atoms. The lowest BCUT2D eigenvalue weighted by atomic mass is 10.2. The molecule has 96 valence electrons. The second-order valence-electron chi connectivity index (χ2n) is 4.30. The molecule has 0 saturated heterocycles. The van der Waals surface area contributed by atoms with Crippen molar-refractivity contribution in [1.29, 1.82) is 0 Å². The van der Waals surface area contributed by atoms with Gasteiger partial charge in [0.1, 0.15) is 11.5 Å². The maximum Gasteiger partial charge on any atom is 0.264 e. The molecule has 0 radical (unpaired) electrons. The van der Waals surface area contributed by atoms with E-state index in [2.05, 4.69) is 5.32 Å². The van der Waals surface area contributed by atoms with Crippen LogP contribution in [0.15, 0.2) is 18.2 Å². The third-order valence-corrected chi connectivity index (χ3v) is 2.85. The van der Waals surface area contributed by atoms with Gasteiger partial charge in [0.15, 0.2) is 6.61 Å². The highest BCUT2D eigenvalue weighted by molar-refractivity contribution is 5.97. The second-order valence-corrected chi connectivity index (χ2v) is 4.30. The van der Waals surface area contributed by atoms with Crippen molar-refractivity contribution in [2.24, 2.45) is 0 Å². The van der Waals surface area contributed by atoms with Crippen molar-refractivity contribution < 1.29 is 14.3 Å². The van der Waals surface area contributed by atoms with Gasteiger partial charge in [0.05, 0.1) is 5.69 Å². The van der Waals surface area contributed by atoms with Crippen LogP contribution in [0.5, 0.6) is 5.75 Å². The van der Waals surface area contributed by atoms with Gasteiger partial charge in [0.2, 0.25) is 0 Å². The van der Waals surface area contributed by atoms with E-state index in [1.54, 1.807) is 18.9 Å². The van der Waals surface area contributed by atoms with E-state index in [0.717, 1.165) is 11.4 Å². The maximum atomic E-state index is 11.5. The van der Waals surface area contributed by atoms with Gasteiger partial charge in [-0.15, -0.1) is 0 Å². The highest BCUT2D eigenvalue weighted by atomic mass is 16.5. The molecule has 1 aromatic carbocycles. The molecule has 0 atom stereocenters. The second kappa shape index (κ2) is 5.08. The Morgan fingerprint density at radius 1 is 1.50 bits per heavy atom. The van der Waals surface area contributed by atoms with Crippen molar-refractivity contribution in [1.82, 2.24) is 0 Å². The first kappa shape index (κ1) is 12.4. The molecule has 0 aromatic heterocycles. The minimum absolute atomic E-state index is 0.0663. The lowest BCUT2D eigenvalue weighted by Crippen LogP contribution is -2.35. The molecule has 1 aliphatic rings. The van der Waals surface area contributed by atoms with Gasteiger partial charge in [0.25, 0.3) is 5.91 Å². The molecular formula is C13H16N2O3. The number of carbonyl (C=O) groups excluding carboxylic acids is 2. The van der Waals surface area contributed by atoms with Crippen LogP contribution in [0.3, 0.4) is 0 Å². The molecule has 0 saturated carbocycles. The minimum atomic E-state index is -0.0663. The number of anilines is 2. The van der Waals surface area contributed by atoms with Crippen molar-refractivity contribution in [2.45, 2.75) is 13.3 Å². The van der Waals surface area contributed by atoms with Crippen molar-refractivity contribution in [2.75, 3.05) is 30.4 Å². The Bertz CT molecular complexity index is 485. The van der Waals surface area contributed by atoms with Crippen molar-refractivity contribution >= 4 is 23.1 Å². The number of amides is 1. The lowest BCUT2D eigenvalue weighted by Gasteiger charge is -2.26. The first-order valence-electron chi connectivity index (χ1n) is 5.84. The van der Waals surface area contributed by atoms with Crippen LogP contribution >= 0.6 is 0 Å². The van der Waals surface area contributed by atoms with E-state index in [-0.39, 0.29) is 18.3 Å². The van der Waals surface area contributed by atoms with E-state index in [9.17, 15) is 9.59 Å². The smallest absolute Gasteiger partial charge is 0.264 e. The minimum Gasteiger partial charge on any atom is -0.482 e. The van der Waals surface area contributed by atoms with E-state index < -0.39 is 0 Å². The van der Waals surface area contributed by atoms with Crippen LogP contribution in [0.25, 0.3) is 0 Å². The molecule has 1 N–H and O–H groups in total. The summed E-state index contributed by atoms with van der Waals surface area (Å²) >= 11 is 0. The number of fused-ring (bicyclic) bond motifs is 1. The topological polar surface area (TPSA) is 58.6 Å². The number of likely N-dealkylation sites (N-methyl/N-ethyl adjacent to an activating group) is 1. The molecule has 0 unspecified atom stereocenters. The molecule has 5 nitrogen and oxygen atoms in total. The highest BCUT2D eigenvalue weighted by Gasteiger charge is 2.22. The van der Waals surface area contributed by atoms with Gasteiger partial charge in [-0.05, 0) is 25.1 Å². The standard InChI is InChI=1S/C13H16N2O3/c1-9(16)5-6-14-10-3-4-12-11(7-10)15(2)13(17)8-18-12/h3-4,7,14H,5-6,8H2,1-2H3. The summed E-state index contributed by atoms with van der Waals surface area (Å²) in [6, 6.07) is 5.56. The first-order chi connectivity index (χ1) is 8.58. The summed E-state index contributed by atoms with van der Waals surface area (Å²) in [5, 5.41) is 3.15. The molecule has 0 spiro atoms. The van der Waals surface area contributed by atoms with Crippen molar-refractivity contribution in [3.8, 4) is 5.75 Å². The summed E-state index contributed by atoms with van der Waals surface area (Å²) in [4.78, 5) is 23.9. The number of carbonyl (C=O) groups is 2. The van der Waals surface area contributed by atoms with Crippen LogP contribution in [-0.4, -0.2) is 31.9 Å². The molecule has 5 heteroatoms. The number of hydrogen-bond acceptors (Lipinski definition) is 4. The van der Waals surface area contributed by atoms with Crippen LogP contribution in [0.2, 0.25) is 0 Å². The molecule has 0 aliphatic carbocycles. The molecule has 1 aliphatic heterocycles. The summed E-state index contributed by atoms with van der Waals surface area (Å²) in [5.74, 6) is 0.786. The van der Waals surface area contributed by atoms with E-state index in [1.165, 1.54) is 0 Å². The zero-order chi connectivity index (χ0) is 13.1. The number of Topliss-reactive ketones (excluding diaryl/α,β-unsaturated/α-hetero) is 1. The Kier molecular flexibility index (Phi) is 3.50. The first-order valence-corrected chi connectivity index (χ1v) is 5.84. The summed E-state index contributed by atoms with van der Waals surface area (Å²) < 4.78 is 5.33. The predicted molar refractivity (Wildman–Crippen MR) is 69.1 cm³/mol. The van der Waals surface area contributed by atoms with E-state index in [0.29, 0.717) is 18.7 Å². The van der Waals surface area contributed by atoms with Gasteiger partial charge >= 0.3 is 0 Å². The average Bonchev–Trinajstić information content (AvgIpc) is 2.34. The number of rotatable bonds is 4. The van der Waals surface area contributed by atoms with E-state index in [4.69, 9.17) is 4.74 Å². The van der Waals surface area contributed by atoms with Crippen molar-refractivity contribution in [3.63, 3.8) is 0 Å². The number of ketones is 1. The van der Waals surface area contributed by atoms with Gasteiger partial charge < -0.3 is 15.0 Å². The molecule has 1 heterocycles. The number of hydrogen-bond donors (Lipinski definition) is 1. The lowest BCUT2D eigenvalue weighted by molar-refractivity contribution is -0.121. The molecule has 2 rings (SSSR count). The molecule has 0 fully saturated rings.